The van der Waals surface area contributed by atoms with Crippen LogP contribution in [-0.2, 0) is 9.59 Å². The molecule has 1 saturated carbocycles. The summed E-state index contributed by atoms with van der Waals surface area (Å²) in [4.78, 5) is 21.4. The molecular weight excluding hydrogens is 144 g/mol. The van der Waals surface area contributed by atoms with Gasteiger partial charge in [-0.2, -0.15) is 0 Å². The molecule has 1 fully saturated rings. The Morgan fingerprint density at radius 3 is 2.64 bits per heavy atom. The molecule has 1 rings (SSSR count). The van der Waals surface area contributed by atoms with Crippen LogP contribution in [0.4, 0.5) is 0 Å². The van der Waals surface area contributed by atoms with E-state index in [-0.39, 0.29) is 11.7 Å². The molecule has 0 radical (unpaired) electrons. The first-order valence-corrected chi connectivity index (χ1v) is 3.68. The zero-order valence-corrected chi connectivity index (χ0v) is 6.25. The topological polar surface area (TPSA) is 86.2 Å². The number of carbonyl (C=O) groups is 2. The Balaban J connectivity index is 2.49. The maximum atomic E-state index is 10.8. The average Bonchev–Trinajstić information content (AvgIpc) is 2.34. The van der Waals surface area contributed by atoms with Crippen molar-refractivity contribution < 1.29 is 9.59 Å². The highest BCUT2D eigenvalue weighted by molar-refractivity contribution is 5.84. The third-order valence-corrected chi connectivity index (χ3v) is 2.12. The summed E-state index contributed by atoms with van der Waals surface area (Å²) in [6.45, 7) is 0. The summed E-state index contributed by atoms with van der Waals surface area (Å²) in [5, 5.41) is 0. The van der Waals surface area contributed by atoms with E-state index in [4.69, 9.17) is 11.5 Å². The van der Waals surface area contributed by atoms with Crippen molar-refractivity contribution in [3.63, 3.8) is 0 Å². The molecule has 0 bridgehead atoms. The maximum Gasteiger partial charge on any atom is 0.234 e. The van der Waals surface area contributed by atoms with Crippen LogP contribution in [0.25, 0.3) is 0 Å². The van der Waals surface area contributed by atoms with Gasteiger partial charge in [0.15, 0.2) is 0 Å². The predicted molar refractivity (Wildman–Crippen MR) is 39.5 cm³/mol. The minimum Gasteiger partial charge on any atom is -0.368 e. The number of ketones is 1. The van der Waals surface area contributed by atoms with Crippen molar-refractivity contribution in [2.75, 3.05) is 0 Å². The summed E-state index contributed by atoms with van der Waals surface area (Å²) in [6, 6.07) is -0.638. The van der Waals surface area contributed by atoms with Crippen LogP contribution in [0.1, 0.15) is 19.3 Å². The lowest BCUT2D eigenvalue weighted by Gasteiger charge is -2.13. The van der Waals surface area contributed by atoms with E-state index < -0.39 is 11.9 Å². The number of rotatable bonds is 2. The summed E-state index contributed by atoms with van der Waals surface area (Å²) in [7, 11) is 0. The molecule has 1 aliphatic carbocycles. The van der Waals surface area contributed by atoms with Gasteiger partial charge in [-0.3, -0.25) is 9.59 Å². The number of amides is 1. The fraction of sp³-hybridized carbons (Fsp3) is 0.714. The van der Waals surface area contributed by atoms with Crippen LogP contribution >= 0.6 is 0 Å². The summed E-state index contributed by atoms with van der Waals surface area (Å²) in [5.41, 5.74) is 10.4. The molecule has 0 heterocycles. The van der Waals surface area contributed by atoms with Gasteiger partial charge in [-0.15, -0.1) is 0 Å². The quantitative estimate of drug-likeness (QED) is 0.547. The molecule has 0 aromatic heterocycles. The number of hydrogen-bond acceptors (Lipinski definition) is 3. The van der Waals surface area contributed by atoms with Gasteiger partial charge >= 0.3 is 0 Å². The van der Waals surface area contributed by atoms with E-state index in [2.05, 4.69) is 0 Å². The molecule has 0 aromatic carbocycles. The molecule has 0 spiro atoms. The first-order chi connectivity index (χ1) is 5.11. The van der Waals surface area contributed by atoms with Crippen LogP contribution in [0.15, 0.2) is 0 Å². The lowest BCUT2D eigenvalue weighted by molar-refractivity contribution is -0.120. The second-order valence-electron chi connectivity index (χ2n) is 2.97. The SMILES string of the molecule is NC(=O)C(N)C1CCC(=O)C1. The Bertz CT molecular complexity index is 191. The lowest BCUT2D eigenvalue weighted by Crippen LogP contribution is -2.41. The predicted octanol–water partition coefficient (Wildman–Crippen LogP) is -0.832. The van der Waals surface area contributed by atoms with E-state index in [1.807, 2.05) is 0 Å². The van der Waals surface area contributed by atoms with Crippen molar-refractivity contribution in [3.8, 4) is 0 Å². The molecule has 4 heteroatoms. The van der Waals surface area contributed by atoms with Gasteiger partial charge in [-0.25, -0.2) is 0 Å². The molecule has 2 unspecified atom stereocenters. The number of primary amides is 1. The van der Waals surface area contributed by atoms with E-state index >= 15 is 0 Å². The van der Waals surface area contributed by atoms with Crippen LogP contribution in [0.3, 0.4) is 0 Å². The second kappa shape index (κ2) is 3.00. The Kier molecular flexibility index (Phi) is 2.24. The number of Topliss-reactive ketones (excluding diaryl/α,β-unsaturated/α-hetero) is 1. The van der Waals surface area contributed by atoms with Gasteiger partial charge in [-0.1, -0.05) is 0 Å². The van der Waals surface area contributed by atoms with E-state index in [1.54, 1.807) is 0 Å². The minimum absolute atomic E-state index is 0.0139. The summed E-state index contributed by atoms with van der Waals surface area (Å²) >= 11 is 0. The minimum atomic E-state index is -0.638. The third-order valence-electron chi connectivity index (χ3n) is 2.12. The van der Waals surface area contributed by atoms with E-state index in [0.717, 1.165) is 0 Å². The smallest absolute Gasteiger partial charge is 0.234 e. The van der Waals surface area contributed by atoms with Crippen molar-refractivity contribution in [1.29, 1.82) is 0 Å². The summed E-state index contributed by atoms with van der Waals surface area (Å²) < 4.78 is 0. The Hall–Kier alpha value is -0.900. The number of carbonyl (C=O) groups excluding carboxylic acids is 2. The third kappa shape index (κ3) is 1.77. The van der Waals surface area contributed by atoms with Gasteiger partial charge in [0.05, 0.1) is 6.04 Å². The van der Waals surface area contributed by atoms with Crippen LogP contribution in [0.2, 0.25) is 0 Å². The zero-order chi connectivity index (χ0) is 8.43. The largest absolute Gasteiger partial charge is 0.368 e. The fourth-order valence-corrected chi connectivity index (χ4v) is 1.38. The molecule has 11 heavy (non-hydrogen) atoms. The lowest BCUT2D eigenvalue weighted by atomic mass is 9.99. The average molecular weight is 156 g/mol. The molecule has 0 aliphatic heterocycles. The van der Waals surface area contributed by atoms with Crippen molar-refractivity contribution in [2.45, 2.75) is 25.3 Å². The van der Waals surface area contributed by atoms with Gasteiger partial charge in [0, 0.05) is 12.8 Å². The highest BCUT2D eigenvalue weighted by Crippen LogP contribution is 2.23. The van der Waals surface area contributed by atoms with Crippen molar-refractivity contribution in [3.05, 3.63) is 0 Å². The molecule has 0 aromatic rings. The highest BCUT2D eigenvalue weighted by atomic mass is 16.1. The molecule has 1 aliphatic rings. The van der Waals surface area contributed by atoms with Gasteiger partial charge in [-0.05, 0) is 12.3 Å². The van der Waals surface area contributed by atoms with Crippen molar-refractivity contribution in [1.82, 2.24) is 0 Å². The normalized spacial score (nSPS) is 27.0. The molecule has 4 N–H and O–H groups in total. The van der Waals surface area contributed by atoms with Crippen LogP contribution in [-0.4, -0.2) is 17.7 Å². The highest BCUT2D eigenvalue weighted by Gasteiger charge is 2.29. The van der Waals surface area contributed by atoms with Crippen LogP contribution in [0, 0.1) is 5.92 Å². The molecule has 2 atom stereocenters. The zero-order valence-electron chi connectivity index (χ0n) is 6.25. The Labute approximate surface area is 64.9 Å². The molecule has 62 valence electrons. The Morgan fingerprint density at radius 2 is 2.27 bits per heavy atom. The second-order valence-corrected chi connectivity index (χ2v) is 2.97. The fourth-order valence-electron chi connectivity index (χ4n) is 1.38. The standard InChI is InChI=1S/C7H12N2O2/c8-6(7(9)11)4-1-2-5(10)3-4/h4,6H,1-3,8H2,(H2,9,11). The first-order valence-electron chi connectivity index (χ1n) is 3.68. The molecule has 0 saturated heterocycles. The van der Waals surface area contributed by atoms with Gasteiger partial charge in [0.2, 0.25) is 5.91 Å². The molecule has 1 amide bonds. The summed E-state index contributed by atoms with van der Waals surface area (Å²) in [6.07, 6.45) is 1.68. The molecule has 4 nitrogen and oxygen atoms in total. The number of hydrogen-bond donors (Lipinski definition) is 2. The van der Waals surface area contributed by atoms with Crippen LogP contribution < -0.4 is 11.5 Å². The van der Waals surface area contributed by atoms with Crippen molar-refractivity contribution in [2.24, 2.45) is 17.4 Å². The van der Waals surface area contributed by atoms with Crippen LogP contribution in [0.5, 0.6) is 0 Å². The van der Waals surface area contributed by atoms with Crippen molar-refractivity contribution >= 4 is 11.7 Å². The van der Waals surface area contributed by atoms with Gasteiger partial charge in [0.25, 0.3) is 0 Å². The van der Waals surface area contributed by atoms with Gasteiger partial charge < -0.3 is 11.5 Å². The monoisotopic (exact) mass is 156 g/mol. The number of nitrogens with two attached hydrogens (primary N) is 2. The maximum absolute atomic E-state index is 10.8. The molecular formula is C7H12N2O2. The van der Waals surface area contributed by atoms with Gasteiger partial charge in [0.1, 0.15) is 5.78 Å². The Morgan fingerprint density at radius 1 is 1.64 bits per heavy atom. The van der Waals surface area contributed by atoms with E-state index in [9.17, 15) is 9.59 Å². The van der Waals surface area contributed by atoms with E-state index in [1.165, 1.54) is 0 Å². The van der Waals surface area contributed by atoms with E-state index in [0.29, 0.717) is 19.3 Å². The summed E-state index contributed by atoms with van der Waals surface area (Å²) in [5.74, 6) is -0.337. The first kappa shape index (κ1) is 8.20.